The molecule has 6 nitrogen and oxygen atoms in total. The Bertz CT molecular complexity index is 1490. The first kappa shape index (κ1) is 21.7. The van der Waals surface area contributed by atoms with Crippen LogP contribution in [0.5, 0.6) is 0 Å². The number of aryl methyl sites for hydroxylation is 1. The van der Waals surface area contributed by atoms with Crippen LogP contribution in [0.2, 0.25) is 0 Å². The average Bonchev–Trinajstić information content (AvgIpc) is 3.43. The van der Waals surface area contributed by atoms with Gasteiger partial charge in [-0.3, -0.25) is 9.48 Å². The summed E-state index contributed by atoms with van der Waals surface area (Å²) >= 11 is 0. The monoisotopic (exact) mass is 457 g/mol. The van der Waals surface area contributed by atoms with E-state index in [4.69, 9.17) is 11.0 Å². The van der Waals surface area contributed by atoms with Crippen LogP contribution < -0.4 is 5.73 Å². The third kappa shape index (κ3) is 3.70. The standard InChI is InChI=1S/C26H21F2N5O/c1-32-25-11-24(28)22(9-18(25)13-31-32)20-5-4-16(26(34)33-7-6-19(30)14-33)8-21(20)15-2-3-17(12-29)23(27)10-15/h2-5,8-11,13,19H,6-7,14,30H2,1H3. The van der Waals surface area contributed by atoms with Crippen molar-refractivity contribution in [2.45, 2.75) is 12.5 Å². The highest BCUT2D eigenvalue weighted by molar-refractivity contribution is 5.98. The van der Waals surface area contributed by atoms with E-state index in [9.17, 15) is 9.18 Å². The number of aromatic nitrogens is 2. The Labute approximate surface area is 194 Å². The van der Waals surface area contributed by atoms with Crippen LogP contribution in [0.3, 0.4) is 0 Å². The van der Waals surface area contributed by atoms with Gasteiger partial charge in [0.05, 0.1) is 17.3 Å². The number of hydrogen-bond acceptors (Lipinski definition) is 4. The van der Waals surface area contributed by atoms with E-state index >= 15 is 4.39 Å². The van der Waals surface area contributed by atoms with Gasteiger partial charge in [-0.2, -0.15) is 10.4 Å². The van der Waals surface area contributed by atoms with Gasteiger partial charge >= 0.3 is 0 Å². The highest BCUT2D eigenvalue weighted by atomic mass is 19.1. The first-order valence-corrected chi connectivity index (χ1v) is 10.9. The molecule has 0 saturated carbocycles. The molecule has 1 aliphatic rings. The second kappa shape index (κ2) is 8.36. The van der Waals surface area contributed by atoms with Gasteiger partial charge in [0.2, 0.25) is 0 Å². The van der Waals surface area contributed by atoms with E-state index in [1.807, 2.05) is 0 Å². The lowest BCUT2D eigenvalue weighted by Crippen LogP contribution is -2.31. The molecule has 1 amide bonds. The number of hydrogen-bond donors (Lipinski definition) is 1. The van der Waals surface area contributed by atoms with Crippen LogP contribution in [0.4, 0.5) is 8.78 Å². The van der Waals surface area contributed by atoms with Crippen molar-refractivity contribution in [2.24, 2.45) is 12.8 Å². The summed E-state index contributed by atoms with van der Waals surface area (Å²) in [6, 6.07) is 14.0. The molecule has 1 aromatic heterocycles. The van der Waals surface area contributed by atoms with Gasteiger partial charge in [0.15, 0.2) is 0 Å². The number of halogens is 2. The van der Waals surface area contributed by atoms with Crippen LogP contribution in [0, 0.1) is 23.0 Å². The first-order valence-electron chi connectivity index (χ1n) is 10.9. The summed E-state index contributed by atoms with van der Waals surface area (Å²) in [5.74, 6) is -1.33. The van der Waals surface area contributed by atoms with Crippen LogP contribution in [-0.4, -0.2) is 39.7 Å². The van der Waals surface area contributed by atoms with Gasteiger partial charge in [0, 0.05) is 48.8 Å². The fourth-order valence-corrected chi connectivity index (χ4v) is 4.46. The Balaban J connectivity index is 1.69. The minimum atomic E-state index is -0.684. The largest absolute Gasteiger partial charge is 0.337 e. The number of nitrogens with two attached hydrogens (primary N) is 1. The molecule has 1 saturated heterocycles. The number of carbonyl (C=O) groups is 1. The Morgan fingerprint density at radius 1 is 1.09 bits per heavy atom. The molecule has 1 atom stereocenters. The van der Waals surface area contributed by atoms with Crippen molar-refractivity contribution in [1.82, 2.24) is 14.7 Å². The second-order valence-corrected chi connectivity index (χ2v) is 8.53. The van der Waals surface area contributed by atoms with Crippen LogP contribution in [0.25, 0.3) is 33.2 Å². The van der Waals surface area contributed by atoms with Gasteiger partial charge in [-0.05, 0) is 53.4 Å². The maximum absolute atomic E-state index is 15.3. The molecule has 0 aliphatic carbocycles. The van der Waals surface area contributed by atoms with E-state index in [0.29, 0.717) is 46.4 Å². The second-order valence-electron chi connectivity index (χ2n) is 8.53. The molecule has 5 rings (SSSR count). The topological polar surface area (TPSA) is 87.9 Å². The van der Waals surface area contributed by atoms with Gasteiger partial charge in [0.1, 0.15) is 17.7 Å². The molecular weight excluding hydrogens is 436 g/mol. The summed E-state index contributed by atoms with van der Waals surface area (Å²) in [7, 11) is 1.73. The molecule has 0 spiro atoms. The van der Waals surface area contributed by atoms with Gasteiger partial charge in [-0.15, -0.1) is 0 Å². The van der Waals surface area contributed by atoms with E-state index in [-0.39, 0.29) is 17.5 Å². The summed E-state index contributed by atoms with van der Waals surface area (Å²) < 4.78 is 31.4. The highest BCUT2D eigenvalue weighted by Gasteiger charge is 2.26. The minimum Gasteiger partial charge on any atom is -0.337 e. The van der Waals surface area contributed by atoms with Gasteiger partial charge in [0.25, 0.3) is 5.91 Å². The molecule has 8 heteroatoms. The highest BCUT2D eigenvalue weighted by Crippen LogP contribution is 2.37. The molecule has 2 heterocycles. The quantitative estimate of drug-likeness (QED) is 0.499. The number of carbonyl (C=O) groups excluding carboxylic acids is 1. The molecule has 0 bridgehead atoms. The summed E-state index contributed by atoms with van der Waals surface area (Å²) in [5, 5.41) is 14.0. The number of rotatable bonds is 3. The maximum atomic E-state index is 15.3. The summed E-state index contributed by atoms with van der Waals surface area (Å²) in [6.45, 7) is 1.03. The van der Waals surface area contributed by atoms with Gasteiger partial charge in [-0.25, -0.2) is 8.78 Å². The number of amides is 1. The minimum absolute atomic E-state index is 0.0596. The van der Waals surface area contributed by atoms with Crippen molar-refractivity contribution >= 4 is 16.8 Å². The lowest BCUT2D eigenvalue weighted by molar-refractivity contribution is 0.0791. The molecule has 1 fully saturated rings. The molecule has 2 N–H and O–H groups in total. The van der Waals surface area contributed by atoms with Crippen molar-refractivity contribution in [3.8, 4) is 28.3 Å². The molecule has 170 valence electrons. The number of nitriles is 1. The van der Waals surface area contributed by atoms with Crippen LogP contribution >= 0.6 is 0 Å². The zero-order valence-electron chi connectivity index (χ0n) is 18.4. The third-order valence-electron chi connectivity index (χ3n) is 6.30. The summed E-state index contributed by atoms with van der Waals surface area (Å²) in [4.78, 5) is 14.8. The fourth-order valence-electron chi connectivity index (χ4n) is 4.46. The van der Waals surface area contributed by atoms with Crippen LogP contribution in [0.15, 0.2) is 54.7 Å². The molecule has 0 radical (unpaired) electrons. The summed E-state index contributed by atoms with van der Waals surface area (Å²) in [5.41, 5.74) is 8.65. The SMILES string of the molecule is Cn1ncc2cc(-c3ccc(C(=O)N4CCC(N)C4)cc3-c3ccc(C#N)c(F)c3)c(F)cc21. The van der Waals surface area contributed by atoms with Crippen LogP contribution in [-0.2, 0) is 7.05 Å². The normalized spacial score (nSPS) is 15.6. The number of likely N-dealkylation sites (tertiary alicyclic amines) is 1. The third-order valence-corrected chi connectivity index (χ3v) is 6.30. The Morgan fingerprint density at radius 3 is 2.62 bits per heavy atom. The van der Waals surface area contributed by atoms with E-state index in [2.05, 4.69) is 5.10 Å². The van der Waals surface area contributed by atoms with E-state index in [1.165, 1.54) is 18.2 Å². The Kier molecular flexibility index (Phi) is 5.34. The van der Waals surface area contributed by atoms with E-state index in [0.717, 1.165) is 11.8 Å². The molecule has 3 aromatic carbocycles. The zero-order chi connectivity index (χ0) is 24.0. The Hall–Kier alpha value is -4.09. The number of fused-ring (bicyclic) bond motifs is 1. The van der Waals surface area contributed by atoms with E-state index < -0.39 is 11.6 Å². The summed E-state index contributed by atoms with van der Waals surface area (Å²) in [6.07, 6.45) is 2.38. The maximum Gasteiger partial charge on any atom is 0.253 e. The van der Waals surface area contributed by atoms with Crippen molar-refractivity contribution in [1.29, 1.82) is 5.26 Å². The first-order chi connectivity index (χ1) is 16.4. The predicted molar refractivity (Wildman–Crippen MR) is 125 cm³/mol. The van der Waals surface area contributed by atoms with Crippen LogP contribution in [0.1, 0.15) is 22.3 Å². The molecule has 1 unspecified atom stereocenters. The molecule has 1 aliphatic heterocycles. The van der Waals surface area contributed by atoms with Crippen molar-refractivity contribution in [3.05, 3.63) is 77.5 Å². The molecule has 4 aromatic rings. The van der Waals surface area contributed by atoms with Crippen molar-refractivity contribution in [2.75, 3.05) is 13.1 Å². The lowest BCUT2D eigenvalue weighted by atomic mass is 9.91. The predicted octanol–water partition coefficient (Wildman–Crippen LogP) is 4.23. The van der Waals surface area contributed by atoms with Crippen molar-refractivity contribution in [3.63, 3.8) is 0 Å². The number of nitrogens with zero attached hydrogens (tertiary/aromatic N) is 4. The lowest BCUT2D eigenvalue weighted by Gasteiger charge is -2.18. The smallest absolute Gasteiger partial charge is 0.253 e. The number of benzene rings is 3. The molecule has 34 heavy (non-hydrogen) atoms. The molecular formula is C26H21F2N5O. The Morgan fingerprint density at radius 2 is 1.91 bits per heavy atom. The average molecular weight is 457 g/mol. The van der Waals surface area contributed by atoms with E-state index in [1.54, 1.807) is 59.2 Å². The van der Waals surface area contributed by atoms with Gasteiger partial charge < -0.3 is 10.6 Å². The zero-order valence-corrected chi connectivity index (χ0v) is 18.4. The van der Waals surface area contributed by atoms with Gasteiger partial charge in [-0.1, -0.05) is 12.1 Å². The fraction of sp³-hybridized carbons (Fsp3) is 0.192. The van der Waals surface area contributed by atoms with Crippen molar-refractivity contribution < 1.29 is 13.6 Å².